The number of hydrogen-bond acceptors (Lipinski definition) is 2. The minimum atomic E-state index is -0.0244. The summed E-state index contributed by atoms with van der Waals surface area (Å²) >= 11 is 0. The second-order valence-corrected chi connectivity index (χ2v) is 9.23. The normalized spacial score (nSPS) is 50.2. The van der Waals surface area contributed by atoms with Gasteiger partial charge >= 0.3 is 0 Å². The Labute approximate surface area is 140 Å². The number of hydrogen-bond donors (Lipinski definition) is 1. The van der Waals surface area contributed by atoms with Gasteiger partial charge in [-0.3, -0.25) is 9.59 Å². The molecule has 4 rings (SSSR count). The number of amides is 1. The zero-order valence-electron chi connectivity index (χ0n) is 14.7. The zero-order valence-corrected chi connectivity index (χ0v) is 14.7. The second kappa shape index (κ2) is 5.32. The van der Waals surface area contributed by atoms with E-state index in [1.54, 1.807) is 0 Å². The standard InChI is InChI=1S/C20H31NO2/c1-19-9-3-11-21-18(23)12-13(19)4-5-14-15-6-7-17(22)20(15,2)10-8-16(14)19/h13-16H,3-12H2,1-2H3,(H,21,23)/t13-,14?,15-,16?,19-,20-/m0/s1. The molecular formula is C20H31NO2. The van der Waals surface area contributed by atoms with Crippen LogP contribution in [0.5, 0.6) is 0 Å². The Morgan fingerprint density at radius 3 is 2.65 bits per heavy atom. The lowest BCUT2D eigenvalue weighted by molar-refractivity contribution is -0.140. The van der Waals surface area contributed by atoms with Gasteiger partial charge in [0.1, 0.15) is 5.78 Å². The molecule has 1 amide bonds. The molecule has 0 spiro atoms. The van der Waals surface area contributed by atoms with Gasteiger partial charge in [-0.1, -0.05) is 13.8 Å². The predicted molar refractivity (Wildman–Crippen MR) is 89.7 cm³/mol. The van der Waals surface area contributed by atoms with Crippen molar-refractivity contribution in [1.82, 2.24) is 5.32 Å². The maximum Gasteiger partial charge on any atom is 0.220 e. The quantitative estimate of drug-likeness (QED) is 0.740. The van der Waals surface area contributed by atoms with Crippen LogP contribution in [-0.4, -0.2) is 18.2 Å². The second-order valence-electron chi connectivity index (χ2n) is 9.23. The van der Waals surface area contributed by atoms with Crippen LogP contribution in [0.4, 0.5) is 0 Å². The van der Waals surface area contributed by atoms with Gasteiger partial charge < -0.3 is 5.32 Å². The maximum absolute atomic E-state index is 12.5. The number of carbonyl (C=O) groups excluding carboxylic acids is 2. The van der Waals surface area contributed by atoms with Crippen molar-refractivity contribution in [3.8, 4) is 0 Å². The predicted octanol–water partition coefficient (Wildman–Crippen LogP) is 3.71. The van der Waals surface area contributed by atoms with Gasteiger partial charge in [-0.25, -0.2) is 0 Å². The molecule has 23 heavy (non-hydrogen) atoms. The van der Waals surface area contributed by atoms with Crippen molar-refractivity contribution in [2.45, 2.75) is 71.6 Å². The van der Waals surface area contributed by atoms with E-state index >= 15 is 0 Å². The van der Waals surface area contributed by atoms with Gasteiger partial charge in [0.05, 0.1) is 0 Å². The molecule has 1 aliphatic heterocycles. The highest BCUT2D eigenvalue weighted by molar-refractivity contribution is 5.87. The Morgan fingerprint density at radius 1 is 1.00 bits per heavy atom. The molecule has 2 unspecified atom stereocenters. The molecule has 0 aromatic carbocycles. The number of nitrogens with one attached hydrogen (secondary N) is 1. The van der Waals surface area contributed by atoms with E-state index in [0.29, 0.717) is 23.0 Å². The lowest BCUT2D eigenvalue weighted by Crippen LogP contribution is -2.53. The summed E-state index contributed by atoms with van der Waals surface area (Å²) in [6.45, 7) is 5.58. The van der Waals surface area contributed by atoms with Crippen LogP contribution >= 0.6 is 0 Å². The molecule has 3 heteroatoms. The highest BCUT2D eigenvalue weighted by Gasteiger charge is 2.59. The van der Waals surface area contributed by atoms with Gasteiger partial charge in [0.15, 0.2) is 0 Å². The number of Topliss-reactive ketones (excluding diaryl/α,β-unsaturated/α-hetero) is 1. The SMILES string of the molecule is C[C@]12CCC3C(CC[C@H]4CC(=O)NCCC[C@]34C)[C@@H]1CCC2=O. The van der Waals surface area contributed by atoms with Crippen LogP contribution in [0.3, 0.4) is 0 Å². The third-order valence-electron chi connectivity index (χ3n) is 8.42. The molecule has 3 nitrogen and oxygen atoms in total. The third-order valence-corrected chi connectivity index (χ3v) is 8.42. The molecule has 0 aromatic heterocycles. The Morgan fingerprint density at radius 2 is 1.83 bits per heavy atom. The Bertz CT molecular complexity index is 530. The Balaban J connectivity index is 1.64. The Hall–Kier alpha value is -0.860. The van der Waals surface area contributed by atoms with Crippen molar-refractivity contribution in [1.29, 1.82) is 0 Å². The van der Waals surface area contributed by atoms with Crippen molar-refractivity contribution in [3.05, 3.63) is 0 Å². The molecule has 3 saturated carbocycles. The number of fused-ring (bicyclic) bond motifs is 5. The van der Waals surface area contributed by atoms with E-state index in [1.165, 1.54) is 25.7 Å². The number of carbonyl (C=O) groups is 2. The van der Waals surface area contributed by atoms with Crippen LogP contribution in [0.25, 0.3) is 0 Å². The van der Waals surface area contributed by atoms with Crippen molar-refractivity contribution in [2.75, 3.05) is 6.54 Å². The highest BCUT2D eigenvalue weighted by atomic mass is 16.1. The van der Waals surface area contributed by atoms with Crippen molar-refractivity contribution in [3.63, 3.8) is 0 Å². The molecule has 1 N–H and O–H groups in total. The van der Waals surface area contributed by atoms with E-state index < -0.39 is 0 Å². The van der Waals surface area contributed by atoms with E-state index in [0.717, 1.165) is 50.5 Å². The largest absolute Gasteiger partial charge is 0.356 e. The first-order valence-electron chi connectivity index (χ1n) is 9.75. The van der Waals surface area contributed by atoms with Crippen LogP contribution in [0.1, 0.15) is 71.6 Å². The summed E-state index contributed by atoms with van der Waals surface area (Å²) in [5.74, 6) is 3.41. The molecule has 3 aliphatic carbocycles. The lowest BCUT2D eigenvalue weighted by Gasteiger charge is -2.58. The van der Waals surface area contributed by atoms with Gasteiger partial charge in [0.2, 0.25) is 5.91 Å². The third kappa shape index (κ3) is 2.21. The van der Waals surface area contributed by atoms with E-state index in [-0.39, 0.29) is 11.3 Å². The van der Waals surface area contributed by atoms with Crippen LogP contribution in [0, 0.1) is 34.5 Å². The maximum atomic E-state index is 12.5. The summed E-state index contributed by atoms with van der Waals surface area (Å²) in [6, 6.07) is 0. The lowest BCUT2D eigenvalue weighted by atomic mass is 9.46. The van der Waals surface area contributed by atoms with E-state index in [2.05, 4.69) is 19.2 Å². The van der Waals surface area contributed by atoms with Crippen molar-refractivity contribution >= 4 is 11.7 Å². The first-order chi connectivity index (χ1) is 10.9. The molecule has 0 aromatic rings. The number of ketones is 1. The molecule has 4 aliphatic rings. The number of rotatable bonds is 0. The first-order valence-corrected chi connectivity index (χ1v) is 9.75. The summed E-state index contributed by atoms with van der Waals surface area (Å²) in [6.07, 6.45) is 9.74. The molecule has 4 fully saturated rings. The summed E-state index contributed by atoms with van der Waals surface area (Å²) in [5.41, 5.74) is 0.289. The smallest absolute Gasteiger partial charge is 0.220 e. The Kier molecular flexibility index (Phi) is 3.62. The zero-order chi connectivity index (χ0) is 16.2. The van der Waals surface area contributed by atoms with Gasteiger partial charge in [-0.05, 0) is 74.0 Å². The van der Waals surface area contributed by atoms with Crippen LogP contribution < -0.4 is 5.32 Å². The molecule has 1 heterocycles. The topological polar surface area (TPSA) is 46.2 Å². The van der Waals surface area contributed by atoms with Crippen LogP contribution in [-0.2, 0) is 9.59 Å². The average molecular weight is 317 g/mol. The fraction of sp³-hybridized carbons (Fsp3) is 0.900. The summed E-state index contributed by atoms with van der Waals surface area (Å²) in [7, 11) is 0. The monoisotopic (exact) mass is 317 g/mol. The average Bonchev–Trinajstić information content (AvgIpc) is 2.81. The van der Waals surface area contributed by atoms with E-state index in [9.17, 15) is 9.59 Å². The molecule has 0 radical (unpaired) electrons. The fourth-order valence-corrected chi connectivity index (χ4v) is 7.02. The summed E-state index contributed by atoms with van der Waals surface area (Å²) in [4.78, 5) is 24.6. The molecule has 1 saturated heterocycles. The minimum absolute atomic E-state index is 0.0244. The van der Waals surface area contributed by atoms with Crippen molar-refractivity contribution in [2.24, 2.45) is 34.5 Å². The summed E-state index contributed by atoms with van der Waals surface area (Å²) in [5, 5.41) is 3.07. The first kappa shape index (κ1) is 15.7. The van der Waals surface area contributed by atoms with Gasteiger partial charge in [-0.2, -0.15) is 0 Å². The van der Waals surface area contributed by atoms with Gasteiger partial charge in [-0.15, -0.1) is 0 Å². The van der Waals surface area contributed by atoms with E-state index in [4.69, 9.17) is 0 Å². The van der Waals surface area contributed by atoms with Gasteiger partial charge in [0.25, 0.3) is 0 Å². The van der Waals surface area contributed by atoms with Crippen LogP contribution in [0.2, 0.25) is 0 Å². The van der Waals surface area contributed by atoms with Crippen molar-refractivity contribution < 1.29 is 9.59 Å². The minimum Gasteiger partial charge on any atom is -0.356 e. The summed E-state index contributed by atoms with van der Waals surface area (Å²) < 4.78 is 0. The molecule has 0 bridgehead atoms. The molecular weight excluding hydrogens is 286 g/mol. The molecule has 128 valence electrons. The fourth-order valence-electron chi connectivity index (χ4n) is 7.02. The van der Waals surface area contributed by atoms with Gasteiger partial charge in [0, 0.05) is 24.8 Å². The highest BCUT2D eigenvalue weighted by Crippen LogP contribution is 2.64. The van der Waals surface area contributed by atoms with Crippen LogP contribution in [0.15, 0.2) is 0 Å². The molecule has 6 atom stereocenters. The van der Waals surface area contributed by atoms with E-state index in [1.807, 2.05) is 0 Å².